The van der Waals surface area contributed by atoms with Crippen LogP contribution in [0.3, 0.4) is 0 Å². The monoisotopic (exact) mass is 433 g/mol. The Labute approximate surface area is 188 Å². The van der Waals surface area contributed by atoms with E-state index in [-0.39, 0.29) is 17.2 Å². The second-order valence-electron chi connectivity index (χ2n) is 9.47. The van der Waals surface area contributed by atoms with Crippen molar-refractivity contribution in [2.24, 2.45) is 0 Å². The molecule has 164 valence electrons. The van der Waals surface area contributed by atoms with Gasteiger partial charge in [-0.3, -0.25) is 0 Å². The summed E-state index contributed by atoms with van der Waals surface area (Å²) in [5.74, 6) is 0.846. The van der Waals surface area contributed by atoms with E-state index in [0.717, 1.165) is 11.4 Å². The summed E-state index contributed by atoms with van der Waals surface area (Å²) in [5, 5.41) is 3.87. The fourth-order valence-corrected chi connectivity index (χ4v) is 4.59. The first-order valence-electron chi connectivity index (χ1n) is 10.9. The number of nitrogens with one attached hydrogen (secondary N) is 1. The van der Waals surface area contributed by atoms with Crippen LogP contribution >= 0.6 is 0 Å². The van der Waals surface area contributed by atoms with E-state index < -0.39 is 8.32 Å². The molecule has 0 bridgehead atoms. The van der Waals surface area contributed by atoms with Gasteiger partial charge >= 0.3 is 0 Å². The molecule has 2 unspecified atom stereocenters. The Morgan fingerprint density at radius 2 is 1.26 bits per heavy atom. The normalized spacial score (nSPS) is 14.0. The third-order valence-electron chi connectivity index (χ3n) is 6.23. The molecule has 3 aromatic carbocycles. The minimum atomic E-state index is -2.04. The Kier molecular flexibility index (Phi) is 7.24. The molecular formula is C27H35NO2Si. The van der Waals surface area contributed by atoms with Gasteiger partial charge in [0.25, 0.3) is 0 Å². The third kappa shape index (κ3) is 5.78. The number of hydrogen-bond acceptors (Lipinski definition) is 3. The van der Waals surface area contributed by atoms with Crippen molar-refractivity contribution < 1.29 is 9.16 Å². The van der Waals surface area contributed by atoms with Crippen molar-refractivity contribution in [3.05, 3.63) is 96.1 Å². The number of ether oxygens (including phenoxy) is 1. The molecule has 0 aliphatic rings. The van der Waals surface area contributed by atoms with Crippen LogP contribution in [0.15, 0.2) is 84.9 Å². The average molecular weight is 434 g/mol. The summed E-state index contributed by atoms with van der Waals surface area (Å²) in [5.41, 5.74) is 3.42. The zero-order valence-electron chi connectivity index (χ0n) is 19.6. The van der Waals surface area contributed by atoms with Crippen molar-refractivity contribution in [1.82, 2.24) is 0 Å². The molecule has 2 atom stereocenters. The maximum atomic E-state index is 7.07. The predicted molar refractivity (Wildman–Crippen MR) is 133 cm³/mol. The van der Waals surface area contributed by atoms with E-state index in [9.17, 15) is 0 Å². The van der Waals surface area contributed by atoms with E-state index in [0.29, 0.717) is 0 Å². The summed E-state index contributed by atoms with van der Waals surface area (Å²) >= 11 is 0. The van der Waals surface area contributed by atoms with Gasteiger partial charge in [-0.25, -0.2) is 0 Å². The highest BCUT2D eigenvalue weighted by Crippen LogP contribution is 2.44. The van der Waals surface area contributed by atoms with Crippen molar-refractivity contribution in [3.63, 3.8) is 0 Å². The highest BCUT2D eigenvalue weighted by molar-refractivity contribution is 6.74. The van der Waals surface area contributed by atoms with Crippen LogP contribution in [0.4, 0.5) is 5.69 Å². The molecule has 0 aliphatic heterocycles. The Balaban J connectivity index is 2.05. The maximum absolute atomic E-state index is 7.07. The minimum Gasteiger partial charge on any atom is -0.497 e. The zero-order chi connectivity index (χ0) is 22.5. The zero-order valence-corrected chi connectivity index (χ0v) is 20.6. The molecule has 4 heteroatoms. The molecule has 0 aliphatic carbocycles. The van der Waals surface area contributed by atoms with Crippen LogP contribution in [0.1, 0.15) is 44.0 Å². The van der Waals surface area contributed by atoms with Crippen molar-refractivity contribution in [1.29, 1.82) is 0 Å². The van der Waals surface area contributed by atoms with Crippen molar-refractivity contribution in [2.45, 2.75) is 51.0 Å². The van der Waals surface area contributed by atoms with Crippen LogP contribution in [0, 0.1) is 0 Å². The van der Waals surface area contributed by atoms with Gasteiger partial charge in [-0.2, -0.15) is 0 Å². The van der Waals surface area contributed by atoms with Gasteiger partial charge in [0.1, 0.15) is 5.75 Å². The summed E-state index contributed by atoms with van der Waals surface area (Å²) in [7, 11) is -0.350. The molecule has 3 aromatic rings. The fraction of sp³-hybridized carbons (Fsp3) is 0.333. The SMILES string of the molecule is COc1ccc(NC(c2ccccc2)C(O[Si](C)(C)C(C)(C)C)c2ccccc2)cc1. The highest BCUT2D eigenvalue weighted by atomic mass is 28.4. The second-order valence-corrected chi connectivity index (χ2v) is 14.2. The Morgan fingerprint density at radius 3 is 1.74 bits per heavy atom. The molecule has 0 radical (unpaired) electrons. The summed E-state index contributed by atoms with van der Waals surface area (Å²) < 4.78 is 12.4. The third-order valence-corrected chi connectivity index (χ3v) is 10.7. The molecule has 0 fully saturated rings. The quantitative estimate of drug-likeness (QED) is 0.371. The summed E-state index contributed by atoms with van der Waals surface area (Å²) in [6, 6.07) is 29.2. The van der Waals surface area contributed by atoms with Gasteiger partial charge in [0.2, 0.25) is 0 Å². The van der Waals surface area contributed by atoms with Crippen LogP contribution in [0.25, 0.3) is 0 Å². The van der Waals surface area contributed by atoms with E-state index in [1.165, 1.54) is 11.1 Å². The molecule has 0 heterocycles. The van der Waals surface area contributed by atoms with Gasteiger partial charge in [-0.15, -0.1) is 0 Å². The van der Waals surface area contributed by atoms with Crippen LogP contribution < -0.4 is 10.1 Å². The van der Waals surface area contributed by atoms with Crippen LogP contribution in [-0.4, -0.2) is 15.4 Å². The minimum absolute atomic E-state index is 0.0360. The Hall–Kier alpha value is -2.56. The Bertz CT molecular complexity index is 934. The average Bonchev–Trinajstić information content (AvgIpc) is 2.77. The number of rotatable bonds is 8. The molecule has 3 rings (SSSR count). The van der Waals surface area contributed by atoms with Crippen LogP contribution in [0.2, 0.25) is 18.1 Å². The fourth-order valence-electron chi connectivity index (χ4n) is 3.33. The molecule has 3 nitrogen and oxygen atoms in total. The smallest absolute Gasteiger partial charge is 0.193 e. The molecule has 0 saturated heterocycles. The highest BCUT2D eigenvalue weighted by Gasteiger charge is 2.41. The molecule has 31 heavy (non-hydrogen) atoms. The van der Waals surface area contributed by atoms with Gasteiger partial charge in [-0.05, 0) is 53.5 Å². The van der Waals surface area contributed by atoms with E-state index in [1.807, 2.05) is 12.1 Å². The lowest BCUT2D eigenvalue weighted by Crippen LogP contribution is -2.43. The van der Waals surface area contributed by atoms with Crippen LogP contribution in [-0.2, 0) is 4.43 Å². The van der Waals surface area contributed by atoms with E-state index in [2.05, 4.69) is 112 Å². The second kappa shape index (κ2) is 9.71. The first kappa shape index (κ1) is 23.1. The van der Waals surface area contributed by atoms with Crippen LogP contribution in [0.5, 0.6) is 5.75 Å². The van der Waals surface area contributed by atoms with Gasteiger partial charge in [0.05, 0.1) is 19.3 Å². The lowest BCUT2D eigenvalue weighted by atomic mass is 9.95. The van der Waals surface area contributed by atoms with Gasteiger partial charge in [0, 0.05) is 5.69 Å². The van der Waals surface area contributed by atoms with Gasteiger partial charge in [-0.1, -0.05) is 81.4 Å². The molecular weight excluding hydrogens is 398 g/mol. The first-order valence-corrected chi connectivity index (χ1v) is 13.8. The lowest BCUT2D eigenvalue weighted by molar-refractivity contribution is 0.162. The molecule has 1 N–H and O–H groups in total. The van der Waals surface area contributed by atoms with E-state index in [4.69, 9.17) is 9.16 Å². The lowest BCUT2D eigenvalue weighted by Gasteiger charge is -2.42. The van der Waals surface area contributed by atoms with Gasteiger partial charge < -0.3 is 14.5 Å². The topological polar surface area (TPSA) is 30.5 Å². The molecule has 0 aromatic heterocycles. The van der Waals surface area contributed by atoms with Gasteiger partial charge in [0.15, 0.2) is 8.32 Å². The number of benzene rings is 3. The molecule has 0 amide bonds. The standard InChI is InChI=1S/C27H35NO2Si/c1-27(2,3)31(5,6)30-26(22-15-11-8-12-16-22)25(21-13-9-7-10-14-21)28-23-17-19-24(29-4)20-18-23/h7-20,25-26,28H,1-6H3. The predicted octanol–water partition coefficient (Wildman–Crippen LogP) is 7.61. The summed E-state index contributed by atoms with van der Waals surface area (Å²) in [6.07, 6.45) is -0.119. The first-order chi connectivity index (χ1) is 14.7. The molecule has 0 spiro atoms. The molecule has 0 saturated carbocycles. The van der Waals surface area contributed by atoms with Crippen molar-refractivity contribution in [3.8, 4) is 5.75 Å². The number of methoxy groups -OCH3 is 1. The maximum Gasteiger partial charge on any atom is 0.193 e. The Morgan fingerprint density at radius 1 is 0.742 bits per heavy atom. The summed E-state index contributed by atoms with van der Waals surface area (Å²) in [4.78, 5) is 0. The number of hydrogen-bond donors (Lipinski definition) is 1. The largest absolute Gasteiger partial charge is 0.497 e. The van der Waals surface area contributed by atoms with Crippen molar-refractivity contribution in [2.75, 3.05) is 12.4 Å². The van der Waals surface area contributed by atoms with E-state index in [1.54, 1.807) is 7.11 Å². The van der Waals surface area contributed by atoms with E-state index >= 15 is 0 Å². The number of anilines is 1. The summed E-state index contributed by atoms with van der Waals surface area (Å²) in [6.45, 7) is 11.5. The van der Waals surface area contributed by atoms with Crippen molar-refractivity contribution >= 4 is 14.0 Å².